The number of hydrogen-bond acceptors (Lipinski definition) is 4. The highest BCUT2D eigenvalue weighted by atomic mass is 32.1. The predicted molar refractivity (Wildman–Crippen MR) is 90.7 cm³/mol. The van der Waals surface area contributed by atoms with Crippen LogP contribution in [0.1, 0.15) is 24.1 Å². The second kappa shape index (κ2) is 6.49. The zero-order valence-corrected chi connectivity index (χ0v) is 13.6. The Bertz CT molecular complexity index is 584. The summed E-state index contributed by atoms with van der Waals surface area (Å²) < 4.78 is 0. The predicted octanol–water partition coefficient (Wildman–Crippen LogP) is 3.14. The first kappa shape index (κ1) is 14.4. The van der Waals surface area contributed by atoms with Gasteiger partial charge in [0.05, 0.1) is 11.2 Å². The van der Waals surface area contributed by atoms with E-state index in [2.05, 4.69) is 50.9 Å². The van der Waals surface area contributed by atoms with Gasteiger partial charge in [0.15, 0.2) is 0 Å². The highest BCUT2D eigenvalue weighted by Crippen LogP contribution is 2.38. The van der Waals surface area contributed by atoms with Gasteiger partial charge in [-0.2, -0.15) is 0 Å². The van der Waals surface area contributed by atoms with Crippen LogP contribution in [0.25, 0.3) is 0 Å². The van der Waals surface area contributed by atoms with E-state index >= 15 is 0 Å². The van der Waals surface area contributed by atoms with E-state index in [1.165, 1.54) is 37.2 Å². The molecule has 4 heteroatoms. The topological polar surface area (TPSA) is 28.2 Å². The van der Waals surface area contributed by atoms with Crippen molar-refractivity contribution in [2.75, 3.05) is 13.1 Å². The van der Waals surface area contributed by atoms with Gasteiger partial charge in [0.1, 0.15) is 0 Å². The first-order valence-corrected chi connectivity index (χ1v) is 9.19. The number of nitrogens with zero attached hydrogens (tertiary/aromatic N) is 2. The number of thiazole rings is 1. The van der Waals surface area contributed by atoms with Crippen molar-refractivity contribution in [1.82, 2.24) is 15.2 Å². The Morgan fingerprint density at radius 1 is 1.18 bits per heavy atom. The Morgan fingerprint density at radius 2 is 2.09 bits per heavy atom. The highest BCUT2D eigenvalue weighted by Gasteiger charge is 2.42. The average Bonchev–Trinajstić information content (AvgIpc) is 3.24. The van der Waals surface area contributed by atoms with Crippen molar-refractivity contribution in [3.05, 3.63) is 52.5 Å². The molecule has 0 unspecified atom stereocenters. The molecule has 1 aromatic carbocycles. The van der Waals surface area contributed by atoms with Gasteiger partial charge in [-0.05, 0) is 30.2 Å². The van der Waals surface area contributed by atoms with Crippen molar-refractivity contribution in [3.63, 3.8) is 0 Å². The fraction of sp³-hybridized carbons (Fsp3) is 0.500. The van der Waals surface area contributed by atoms with Gasteiger partial charge >= 0.3 is 0 Å². The first-order valence-electron chi connectivity index (χ1n) is 8.25. The molecule has 2 heterocycles. The average molecular weight is 313 g/mol. The third-order valence-corrected chi connectivity index (χ3v) is 5.85. The third kappa shape index (κ3) is 3.09. The molecular weight excluding hydrogens is 290 g/mol. The highest BCUT2D eigenvalue weighted by molar-refractivity contribution is 7.07. The molecule has 0 spiro atoms. The summed E-state index contributed by atoms with van der Waals surface area (Å²) in [6.07, 6.45) is 2.71. The van der Waals surface area contributed by atoms with Crippen molar-refractivity contribution in [1.29, 1.82) is 0 Å². The van der Waals surface area contributed by atoms with Gasteiger partial charge in [-0.1, -0.05) is 30.3 Å². The van der Waals surface area contributed by atoms with Crippen LogP contribution in [0.2, 0.25) is 0 Å². The van der Waals surface area contributed by atoms with Gasteiger partial charge < -0.3 is 5.32 Å². The summed E-state index contributed by atoms with van der Waals surface area (Å²) in [6, 6.07) is 11.5. The lowest BCUT2D eigenvalue weighted by molar-refractivity contribution is 0.288. The summed E-state index contributed by atoms with van der Waals surface area (Å²) in [7, 11) is 0. The molecule has 0 bridgehead atoms. The van der Waals surface area contributed by atoms with Gasteiger partial charge in [-0.25, -0.2) is 4.98 Å². The van der Waals surface area contributed by atoms with Gasteiger partial charge in [-0.15, -0.1) is 11.3 Å². The monoisotopic (exact) mass is 313 g/mol. The van der Waals surface area contributed by atoms with Gasteiger partial charge in [0, 0.05) is 37.6 Å². The molecule has 1 aliphatic heterocycles. The van der Waals surface area contributed by atoms with E-state index < -0.39 is 0 Å². The van der Waals surface area contributed by atoms with Gasteiger partial charge in [-0.3, -0.25) is 4.90 Å². The summed E-state index contributed by atoms with van der Waals surface area (Å²) in [5, 5.41) is 5.91. The van der Waals surface area contributed by atoms with Gasteiger partial charge in [0.2, 0.25) is 0 Å². The molecule has 4 rings (SSSR count). The molecule has 3 nitrogen and oxygen atoms in total. The Hall–Kier alpha value is -1.23. The van der Waals surface area contributed by atoms with Crippen LogP contribution in [0.15, 0.2) is 41.2 Å². The molecular formula is C18H23N3S. The van der Waals surface area contributed by atoms with Crippen LogP contribution in [-0.2, 0) is 13.1 Å². The quantitative estimate of drug-likeness (QED) is 0.919. The number of rotatable bonds is 5. The molecule has 0 amide bonds. The van der Waals surface area contributed by atoms with E-state index in [0.717, 1.165) is 24.9 Å². The van der Waals surface area contributed by atoms with Crippen LogP contribution in [0, 0.1) is 11.8 Å². The molecule has 2 aliphatic rings. The van der Waals surface area contributed by atoms with E-state index in [4.69, 9.17) is 0 Å². The van der Waals surface area contributed by atoms with Crippen LogP contribution >= 0.6 is 11.3 Å². The first-order chi connectivity index (χ1) is 10.9. The minimum absolute atomic E-state index is 0.674. The Labute approximate surface area is 136 Å². The van der Waals surface area contributed by atoms with E-state index in [9.17, 15) is 0 Å². The number of likely N-dealkylation sites (tertiary alicyclic amines) is 1. The molecule has 2 fully saturated rings. The molecule has 1 aliphatic carbocycles. The molecule has 1 saturated carbocycles. The normalized spacial score (nSPS) is 28.1. The maximum absolute atomic E-state index is 4.38. The maximum atomic E-state index is 4.38. The third-order valence-electron chi connectivity index (χ3n) is 5.21. The molecule has 2 aromatic rings. The number of benzene rings is 1. The molecule has 0 radical (unpaired) electrons. The number of fused-ring (bicyclic) bond motifs is 1. The summed E-state index contributed by atoms with van der Waals surface area (Å²) >= 11 is 1.68. The lowest BCUT2D eigenvalue weighted by Crippen LogP contribution is -2.35. The SMILES string of the molecule is c1ccc(CN2C[C@@H]3CC[C@H](NCc4cscn4)[C@@H]3C2)cc1. The summed E-state index contributed by atoms with van der Waals surface area (Å²) in [6.45, 7) is 4.55. The van der Waals surface area contributed by atoms with Crippen molar-refractivity contribution in [2.24, 2.45) is 11.8 Å². The smallest absolute Gasteiger partial charge is 0.0795 e. The number of aromatic nitrogens is 1. The molecule has 1 saturated heterocycles. The van der Waals surface area contributed by atoms with Crippen molar-refractivity contribution >= 4 is 11.3 Å². The number of nitrogens with one attached hydrogen (secondary N) is 1. The van der Waals surface area contributed by atoms with Crippen molar-refractivity contribution in [2.45, 2.75) is 32.0 Å². The minimum Gasteiger partial charge on any atom is -0.308 e. The lowest BCUT2D eigenvalue weighted by atomic mass is 9.98. The second-order valence-electron chi connectivity index (χ2n) is 6.65. The van der Waals surface area contributed by atoms with Crippen molar-refractivity contribution < 1.29 is 0 Å². The molecule has 22 heavy (non-hydrogen) atoms. The molecule has 1 N–H and O–H groups in total. The summed E-state index contributed by atoms with van der Waals surface area (Å²) in [5.74, 6) is 1.71. The van der Waals surface area contributed by atoms with Crippen LogP contribution in [0.4, 0.5) is 0 Å². The van der Waals surface area contributed by atoms with E-state index in [1.54, 1.807) is 11.3 Å². The maximum Gasteiger partial charge on any atom is 0.0795 e. The lowest BCUT2D eigenvalue weighted by Gasteiger charge is -2.21. The zero-order chi connectivity index (χ0) is 14.8. The fourth-order valence-corrected chi connectivity index (χ4v) is 4.70. The van der Waals surface area contributed by atoms with Gasteiger partial charge in [0.25, 0.3) is 0 Å². The summed E-state index contributed by atoms with van der Waals surface area (Å²) in [4.78, 5) is 7.02. The van der Waals surface area contributed by atoms with Crippen LogP contribution < -0.4 is 5.32 Å². The Kier molecular flexibility index (Phi) is 4.24. The number of hydrogen-bond donors (Lipinski definition) is 1. The second-order valence-corrected chi connectivity index (χ2v) is 7.37. The molecule has 116 valence electrons. The molecule has 3 atom stereocenters. The summed E-state index contributed by atoms with van der Waals surface area (Å²) in [5.41, 5.74) is 4.55. The fourth-order valence-electron chi connectivity index (χ4n) is 4.14. The van der Waals surface area contributed by atoms with Crippen molar-refractivity contribution in [3.8, 4) is 0 Å². The largest absolute Gasteiger partial charge is 0.308 e. The zero-order valence-electron chi connectivity index (χ0n) is 12.8. The van der Waals surface area contributed by atoms with E-state index in [1.807, 2.05) is 5.51 Å². The van der Waals surface area contributed by atoms with Crippen LogP contribution in [-0.4, -0.2) is 29.0 Å². The standard InChI is InChI=1S/C18H23N3S/c1-2-4-14(5-3-1)9-21-10-15-6-7-18(17(15)11-21)19-8-16-12-22-13-20-16/h1-5,12-13,15,17-19H,6-11H2/t15-,17+,18-/m0/s1. The molecule has 1 aromatic heterocycles. The Balaban J connectivity index is 1.33. The van der Waals surface area contributed by atoms with E-state index in [-0.39, 0.29) is 0 Å². The Morgan fingerprint density at radius 3 is 2.91 bits per heavy atom. The minimum atomic E-state index is 0.674. The van der Waals surface area contributed by atoms with Crippen LogP contribution in [0.3, 0.4) is 0 Å². The van der Waals surface area contributed by atoms with E-state index in [0.29, 0.717) is 6.04 Å². The van der Waals surface area contributed by atoms with Crippen LogP contribution in [0.5, 0.6) is 0 Å².